The van der Waals surface area contributed by atoms with Crippen LogP contribution in [-0.4, -0.2) is 44.9 Å². The SMILES string of the molecule is N#Cc1c(NCCO)nc(SCc2csc(-c3ccc(Cl)cc3)n2)c(C#N)c1-c1ccc(CCCO)nc1. The van der Waals surface area contributed by atoms with Crippen molar-refractivity contribution in [2.75, 3.05) is 25.1 Å². The number of aromatic nitrogens is 3. The Balaban J connectivity index is 1.69. The molecule has 4 aromatic rings. The molecule has 0 unspecified atom stereocenters. The summed E-state index contributed by atoms with van der Waals surface area (Å²) in [6.07, 6.45) is 2.85. The predicted octanol–water partition coefficient (Wildman–Crippen LogP) is 5.29. The highest BCUT2D eigenvalue weighted by Crippen LogP contribution is 2.38. The summed E-state index contributed by atoms with van der Waals surface area (Å²) in [5, 5.41) is 45.5. The Labute approximate surface area is 233 Å². The van der Waals surface area contributed by atoms with Crippen molar-refractivity contribution in [2.45, 2.75) is 23.6 Å². The number of anilines is 1. The number of aryl methyl sites for hydroxylation is 1. The summed E-state index contributed by atoms with van der Waals surface area (Å²) in [4.78, 5) is 13.8. The zero-order valence-corrected chi connectivity index (χ0v) is 22.6. The molecule has 1 aromatic carbocycles. The van der Waals surface area contributed by atoms with E-state index in [1.165, 1.54) is 23.1 Å². The molecule has 8 nitrogen and oxygen atoms in total. The lowest BCUT2D eigenvalue weighted by Gasteiger charge is -2.15. The molecule has 0 amide bonds. The minimum Gasteiger partial charge on any atom is -0.396 e. The molecule has 0 radical (unpaired) electrons. The van der Waals surface area contributed by atoms with E-state index in [0.717, 1.165) is 22.0 Å². The maximum Gasteiger partial charge on any atom is 0.146 e. The summed E-state index contributed by atoms with van der Waals surface area (Å²) in [6.45, 7) is 0.134. The van der Waals surface area contributed by atoms with Gasteiger partial charge < -0.3 is 15.5 Å². The second-order valence-corrected chi connectivity index (χ2v) is 10.3. The highest BCUT2D eigenvalue weighted by molar-refractivity contribution is 7.98. The topological polar surface area (TPSA) is 139 Å². The molecule has 38 heavy (non-hydrogen) atoms. The molecule has 0 saturated heterocycles. The van der Waals surface area contributed by atoms with Crippen LogP contribution in [0.3, 0.4) is 0 Å². The quantitative estimate of drug-likeness (QED) is 0.208. The predicted molar refractivity (Wildman–Crippen MR) is 150 cm³/mol. The van der Waals surface area contributed by atoms with Crippen LogP contribution in [0.5, 0.6) is 0 Å². The summed E-state index contributed by atoms with van der Waals surface area (Å²) in [5.41, 5.74) is 4.15. The Morgan fingerprint density at radius 3 is 2.37 bits per heavy atom. The molecule has 0 fully saturated rings. The molecule has 0 aliphatic carbocycles. The first kappa shape index (κ1) is 27.5. The van der Waals surface area contributed by atoms with Crippen molar-refractivity contribution >= 4 is 40.5 Å². The van der Waals surface area contributed by atoms with E-state index < -0.39 is 0 Å². The van der Waals surface area contributed by atoms with Gasteiger partial charge in [0.2, 0.25) is 0 Å². The summed E-state index contributed by atoms with van der Waals surface area (Å²) in [5.74, 6) is 0.761. The Kier molecular flexibility index (Phi) is 9.66. The Morgan fingerprint density at radius 1 is 0.947 bits per heavy atom. The van der Waals surface area contributed by atoms with Crippen LogP contribution in [-0.2, 0) is 12.2 Å². The van der Waals surface area contributed by atoms with Gasteiger partial charge in [0.1, 0.15) is 33.6 Å². The molecule has 0 saturated carbocycles. The number of nitrogens with zero attached hydrogens (tertiary/aromatic N) is 5. The molecular weight excluding hydrogens is 540 g/mol. The summed E-state index contributed by atoms with van der Waals surface area (Å²) in [7, 11) is 0. The number of pyridine rings is 2. The van der Waals surface area contributed by atoms with Gasteiger partial charge in [-0.2, -0.15) is 10.5 Å². The Bertz CT molecular complexity index is 1480. The molecule has 0 aliphatic rings. The molecule has 0 atom stereocenters. The largest absolute Gasteiger partial charge is 0.396 e. The van der Waals surface area contributed by atoms with Gasteiger partial charge in [-0.25, -0.2) is 9.97 Å². The van der Waals surface area contributed by atoms with Gasteiger partial charge in [0.25, 0.3) is 0 Å². The van der Waals surface area contributed by atoms with Gasteiger partial charge in [0, 0.05) is 57.9 Å². The normalized spacial score (nSPS) is 10.7. The molecule has 3 N–H and O–H groups in total. The Hall–Kier alpha value is -3.51. The number of benzene rings is 1. The van der Waals surface area contributed by atoms with Crippen molar-refractivity contribution in [2.24, 2.45) is 0 Å². The number of thioether (sulfide) groups is 1. The zero-order valence-electron chi connectivity index (χ0n) is 20.2. The molecule has 4 rings (SSSR count). The minimum absolute atomic E-state index is 0.0750. The van der Waals surface area contributed by atoms with Crippen molar-refractivity contribution < 1.29 is 10.2 Å². The third-order valence-corrected chi connectivity index (χ3v) is 7.70. The molecule has 0 spiro atoms. The number of thiazole rings is 1. The van der Waals surface area contributed by atoms with Gasteiger partial charge >= 0.3 is 0 Å². The van der Waals surface area contributed by atoms with E-state index >= 15 is 0 Å². The van der Waals surface area contributed by atoms with Crippen LogP contribution in [0.4, 0.5) is 5.82 Å². The van der Waals surface area contributed by atoms with E-state index in [-0.39, 0.29) is 30.9 Å². The molecular formula is C27H23ClN6O2S2. The third kappa shape index (κ3) is 6.48. The lowest BCUT2D eigenvalue weighted by atomic mass is 9.97. The fraction of sp³-hybridized carbons (Fsp3) is 0.222. The average Bonchev–Trinajstić information content (AvgIpc) is 3.43. The maximum atomic E-state index is 10.1. The van der Waals surface area contributed by atoms with Crippen LogP contribution in [0.1, 0.15) is 28.9 Å². The monoisotopic (exact) mass is 562 g/mol. The van der Waals surface area contributed by atoms with E-state index in [4.69, 9.17) is 21.7 Å². The number of rotatable bonds is 11. The smallest absolute Gasteiger partial charge is 0.146 e. The fourth-order valence-electron chi connectivity index (χ4n) is 3.69. The molecule has 3 heterocycles. The second-order valence-electron chi connectivity index (χ2n) is 8.07. The standard InChI is InChI=1S/C27H23ClN6O2S2/c28-19-6-3-17(4-7-19)26-33-21(15-37-26)16-38-27-23(13-30)24(22(12-29)25(34-27)31-9-11-36)18-5-8-20(32-14-18)2-1-10-35/h3-8,14-15,35-36H,1-2,9-11,16H2,(H,31,34). The molecule has 0 aliphatic heterocycles. The summed E-state index contributed by atoms with van der Waals surface area (Å²) < 4.78 is 0. The number of halogens is 1. The van der Waals surface area contributed by atoms with Crippen molar-refractivity contribution in [1.82, 2.24) is 15.0 Å². The van der Waals surface area contributed by atoms with Crippen LogP contribution in [0.25, 0.3) is 21.7 Å². The molecule has 11 heteroatoms. The van der Waals surface area contributed by atoms with E-state index in [0.29, 0.717) is 45.6 Å². The maximum absolute atomic E-state index is 10.1. The average molecular weight is 563 g/mol. The first-order valence-electron chi connectivity index (χ1n) is 11.7. The number of hydrogen-bond acceptors (Lipinski definition) is 10. The molecule has 0 bridgehead atoms. The van der Waals surface area contributed by atoms with Gasteiger partial charge in [-0.15, -0.1) is 11.3 Å². The number of aliphatic hydroxyl groups excluding tert-OH is 2. The molecule has 3 aromatic heterocycles. The number of nitriles is 2. The van der Waals surface area contributed by atoms with Gasteiger partial charge in [-0.05, 0) is 31.0 Å². The highest BCUT2D eigenvalue weighted by atomic mass is 35.5. The van der Waals surface area contributed by atoms with Gasteiger partial charge in [-0.3, -0.25) is 4.98 Å². The second kappa shape index (κ2) is 13.3. The van der Waals surface area contributed by atoms with Crippen LogP contribution in [0, 0.1) is 22.7 Å². The van der Waals surface area contributed by atoms with Crippen molar-refractivity contribution in [3.63, 3.8) is 0 Å². The first-order valence-corrected chi connectivity index (χ1v) is 13.9. The van der Waals surface area contributed by atoms with Gasteiger partial charge in [-0.1, -0.05) is 41.6 Å². The van der Waals surface area contributed by atoms with E-state index in [2.05, 4.69) is 27.4 Å². The van der Waals surface area contributed by atoms with Crippen molar-refractivity contribution in [3.05, 3.63) is 75.5 Å². The number of hydrogen-bond donors (Lipinski definition) is 3. The van der Waals surface area contributed by atoms with Gasteiger partial charge in [0.05, 0.1) is 17.9 Å². The van der Waals surface area contributed by atoms with Crippen LogP contribution in [0.2, 0.25) is 5.02 Å². The van der Waals surface area contributed by atoms with E-state index in [1.54, 1.807) is 6.20 Å². The number of aliphatic hydroxyl groups is 2. The first-order chi connectivity index (χ1) is 18.6. The number of nitrogens with one attached hydrogen (secondary N) is 1. The zero-order chi connectivity index (χ0) is 26.9. The third-order valence-electron chi connectivity index (χ3n) is 5.50. The van der Waals surface area contributed by atoms with Crippen LogP contribution in [0.15, 0.2) is 53.0 Å². The highest BCUT2D eigenvalue weighted by Gasteiger charge is 2.22. The van der Waals surface area contributed by atoms with Crippen LogP contribution >= 0.6 is 34.7 Å². The van der Waals surface area contributed by atoms with Gasteiger partial charge in [0.15, 0.2) is 0 Å². The molecule has 192 valence electrons. The fourth-order valence-corrected chi connectivity index (χ4v) is 5.63. The summed E-state index contributed by atoms with van der Waals surface area (Å²) >= 11 is 8.87. The van der Waals surface area contributed by atoms with Crippen LogP contribution < -0.4 is 5.32 Å². The van der Waals surface area contributed by atoms with E-state index in [1.807, 2.05) is 41.8 Å². The Morgan fingerprint density at radius 2 is 1.71 bits per heavy atom. The lowest BCUT2D eigenvalue weighted by Crippen LogP contribution is -2.11. The van der Waals surface area contributed by atoms with E-state index in [9.17, 15) is 15.6 Å². The van der Waals surface area contributed by atoms with Crippen molar-refractivity contribution in [3.8, 4) is 33.8 Å². The minimum atomic E-state index is -0.141. The van der Waals surface area contributed by atoms with Crippen molar-refractivity contribution in [1.29, 1.82) is 10.5 Å². The summed E-state index contributed by atoms with van der Waals surface area (Å²) in [6, 6.07) is 15.5. The lowest BCUT2D eigenvalue weighted by molar-refractivity contribution is 0.288.